The Bertz CT molecular complexity index is 1520. The maximum Gasteiger partial charge on any atom is 0.181 e. The molecule has 3 N–H and O–H groups in total. The third-order valence-electron chi connectivity index (χ3n) is 5.07. The maximum atomic E-state index is 9.75. The summed E-state index contributed by atoms with van der Waals surface area (Å²) in [6, 6.07) is 9.91. The van der Waals surface area contributed by atoms with E-state index in [0.717, 1.165) is 44.4 Å². The highest BCUT2D eigenvalue weighted by Crippen LogP contribution is 2.35. The fraction of sp³-hybridized carbons (Fsp3) is 0. The lowest BCUT2D eigenvalue weighted by Gasteiger charge is -2.02. The summed E-state index contributed by atoms with van der Waals surface area (Å²) in [5.74, 6) is 0.115. The Morgan fingerprint density at radius 3 is 2.67 bits per heavy atom. The minimum absolute atomic E-state index is 0.115. The van der Waals surface area contributed by atoms with Crippen molar-refractivity contribution in [2.75, 3.05) is 0 Å². The number of thiophene rings is 1. The summed E-state index contributed by atoms with van der Waals surface area (Å²) >= 11 is 1.69. The molecule has 6 heterocycles. The summed E-state index contributed by atoms with van der Waals surface area (Å²) in [4.78, 5) is 17.5. The lowest BCUT2D eigenvalue weighted by atomic mass is 10.1. The van der Waals surface area contributed by atoms with Gasteiger partial charge in [-0.05, 0) is 29.6 Å². The number of hydrogen-bond acceptors (Lipinski definition) is 6. The van der Waals surface area contributed by atoms with Gasteiger partial charge in [0.25, 0.3) is 0 Å². The van der Waals surface area contributed by atoms with E-state index in [9.17, 15) is 5.11 Å². The van der Waals surface area contributed by atoms with E-state index in [2.05, 4.69) is 47.6 Å². The number of aromatic nitrogens is 6. The monoisotopic (exact) mass is 410 g/mol. The van der Waals surface area contributed by atoms with E-state index in [0.29, 0.717) is 5.65 Å². The van der Waals surface area contributed by atoms with Crippen molar-refractivity contribution in [3.8, 4) is 38.7 Å². The zero-order valence-corrected chi connectivity index (χ0v) is 16.3. The van der Waals surface area contributed by atoms with Crippen LogP contribution >= 0.6 is 11.3 Å². The van der Waals surface area contributed by atoms with Gasteiger partial charge in [-0.15, -0.1) is 11.3 Å². The van der Waals surface area contributed by atoms with Gasteiger partial charge in [0.05, 0.1) is 29.3 Å². The van der Waals surface area contributed by atoms with Gasteiger partial charge in [0, 0.05) is 50.9 Å². The molecule has 0 radical (unpaired) electrons. The normalized spacial score (nSPS) is 11.5. The first-order valence-corrected chi connectivity index (χ1v) is 10.1. The number of aromatic amines is 2. The summed E-state index contributed by atoms with van der Waals surface area (Å²) in [6.45, 7) is 0. The number of hydrogen-bond donors (Lipinski definition) is 3. The van der Waals surface area contributed by atoms with Crippen molar-refractivity contribution >= 4 is 33.3 Å². The Kier molecular flexibility index (Phi) is 3.65. The summed E-state index contributed by atoms with van der Waals surface area (Å²) in [6.07, 6.45) is 8.56. The predicted molar refractivity (Wildman–Crippen MR) is 117 cm³/mol. The van der Waals surface area contributed by atoms with Crippen LogP contribution in [0.4, 0.5) is 0 Å². The van der Waals surface area contributed by atoms with Gasteiger partial charge in [-0.3, -0.25) is 15.1 Å². The molecule has 0 amide bonds. The molecule has 0 atom stereocenters. The minimum atomic E-state index is 0.115. The lowest BCUT2D eigenvalue weighted by Crippen LogP contribution is -1.84. The minimum Gasteiger partial charge on any atom is -0.506 e. The van der Waals surface area contributed by atoms with E-state index in [1.54, 1.807) is 29.8 Å². The van der Waals surface area contributed by atoms with Gasteiger partial charge in [0.15, 0.2) is 5.65 Å². The zero-order valence-electron chi connectivity index (χ0n) is 15.5. The quantitative estimate of drug-likeness (QED) is 0.381. The molecule has 0 unspecified atom stereocenters. The van der Waals surface area contributed by atoms with Gasteiger partial charge in [-0.2, -0.15) is 5.10 Å². The first kappa shape index (κ1) is 16.9. The molecule has 6 rings (SSSR count). The van der Waals surface area contributed by atoms with Crippen molar-refractivity contribution in [3.63, 3.8) is 0 Å². The van der Waals surface area contributed by atoms with Crippen LogP contribution in [0.25, 0.3) is 54.9 Å². The van der Waals surface area contributed by atoms with E-state index in [1.807, 2.05) is 24.5 Å². The van der Waals surface area contributed by atoms with Crippen molar-refractivity contribution in [3.05, 3.63) is 66.7 Å². The van der Waals surface area contributed by atoms with Crippen LogP contribution in [0.3, 0.4) is 0 Å². The van der Waals surface area contributed by atoms with Gasteiger partial charge in [0.1, 0.15) is 5.75 Å². The Labute approximate surface area is 174 Å². The Balaban J connectivity index is 1.52. The molecule has 0 saturated carbocycles. The van der Waals surface area contributed by atoms with Crippen LogP contribution in [0.15, 0.2) is 66.7 Å². The third kappa shape index (κ3) is 2.66. The number of aromatic hydroxyl groups is 1. The highest BCUT2D eigenvalue weighted by Gasteiger charge is 2.15. The molecule has 30 heavy (non-hydrogen) atoms. The average molecular weight is 410 g/mol. The summed E-state index contributed by atoms with van der Waals surface area (Å²) in [5, 5.41) is 21.3. The Morgan fingerprint density at radius 2 is 1.80 bits per heavy atom. The second kappa shape index (κ2) is 6.50. The van der Waals surface area contributed by atoms with Crippen LogP contribution in [-0.2, 0) is 0 Å². The summed E-state index contributed by atoms with van der Waals surface area (Å²) in [5.41, 5.74) is 6.07. The van der Waals surface area contributed by atoms with E-state index in [-0.39, 0.29) is 5.75 Å². The second-order valence-electron chi connectivity index (χ2n) is 6.93. The standard InChI is InChI=1S/C22H14N6OS/c29-14-4-12(7-23-9-14)13-5-16-21(27-28-22(16)25-8-13)18-6-15-17(20-2-1-3-30-20)10-24-11-19(15)26-18/h1-11,26,29H,(H,25,27,28). The van der Waals surface area contributed by atoms with Gasteiger partial charge >= 0.3 is 0 Å². The molecule has 0 saturated heterocycles. The molecule has 0 bridgehead atoms. The Hall–Kier alpha value is -4.04. The zero-order chi connectivity index (χ0) is 20.1. The molecular weight excluding hydrogens is 396 g/mol. The van der Waals surface area contributed by atoms with Gasteiger partial charge in [-0.25, -0.2) is 4.98 Å². The molecule has 0 aromatic carbocycles. The molecule has 0 spiro atoms. The Morgan fingerprint density at radius 1 is 0.900 bits per heavy atom. The molecular formula is C22H14N6OS. The fourth-order valence-electron chi connectivity index (χ4n) is 3.66. The van der Waals surface area contributed by atoms with Gasteiger partial charge in [-0.1, -0.05) is 6.07 Å². The van der Waals surface area contributed by atoms with Crippen LogP contribution in [0, 0.1) is 0 Å². The molecule has 0 fully saturated rings. The first-order valence-electron chi connectivity index (χ1n) is 9.26. The van der Waals surface area contributed by atoms with E-state index >= 15 is 0 Å². The highest BCUT2D eigenvalue weighted by molar-refractivity contribution is 7.13. The van der Waals surface area contributed by atoms with Crippen LogP contribution in [0.1, 0.15) is 0 Å². The van der Waals surface area contributed by atoms with Crippen LogP contribution in [-0.4, -0.2) is 35.2 Å². The fourth-order valence-corrected chi connectivity index (χ4v) is 4.41. The predicted octanol–water partition coefficient (Wildman–Crippen LogP) is 5.00. The molecule has 6 aromatic heterocycles. The van der Waals surface area contributed by atoms with Crippen molar-refractivity contribution in [1.82, 2.24) is 30.1 Å². The molecule has 0 aliphatic carbocycles. The smallest absolute Gasteiger partial charge is 0.181 e. The van der Waals surface area contributed by atoms with Gasteiger partial charge < -0.3 is 10.1 Å². The van der Waals surface area contributed by atoms with E-state index in [4.69, 9.17) is 0 Å². The number of rotatable bonds is 3. The van der Waals surface area contributed by atoms with Gasteiger partial charge in [0.2, 0.25) is 0 Å². The summed E-state index contributed by atoms with van der Waals surface area (Å²) < 4.78 is 0. The topological polar surface area (TPSA) is 103 Å². The van der Waals surface area contributed by atoms with Crippen molar-refractivity contribution in [2.45, 2.75) is 0 Å². The number of nitrogens with zero attached hydrogens (tertiary/aromatic N) is 4. The molecule has 144 valence electrons. The molecule has 7 nitrogen and oxygen atoms in total. The summed E-state index contributed by atoms with van der Waals surface area (Å²) in [7, 11) is 0. The molecule has 8 heteroatoms. The van der Waals surface area contributed by atoms with Crippen molar-refractivity contribution < 1.29 is 5.11 Å². The second-order valence-corrected chi connectivity index (χ2v) is 7.88. The molecule has 0 aliphatic heterocycles. The van der Waals surface area contributed by atoms with Crippen LogP contribution in [0.2, 0.25) is 0 Å². The highest BCUT2D eigenvalue weighted by atomic mass is 32.1. The van der Waals surface area contributed by atoms with Crippen LogP contribution in [0.5, 0.6) is 5.75 Å². The maximum absolute atomic E-state index is 9.75. The number of H-pyrrole nitrogens is 2. The largest absolute Gasteiger partial charge is 0.506 e. The number of nitrogens with one attached hydrogen (secondary N) is 2. The number of fused-ring (bicyclic) bond motifs is 2. The molecule has 6 aromatic rings. The SMILES string of the molecule is Oc1cncc(-c2cnc3n[nH]c(-c4cc5c(-c6cccs6)cncc5[nH]4)c3c2)c1. The number of pyridine rings is 3. The third-order valence-corrected chi connectivity index (χ3v) is 5.97. The lowest BCUT2D eigenvalue weighted by molar-refractivity contribution is 0.473. The van der Waals surface area contributed by atoms with E-state index < -0.39 is 0 Å². The average Bonchev–Trinajstić information content (AvgIpc) is 3.51. The van der Waals surface area contributed by atoms with E-state index in [1.165, 1.54) is 11.1 Å². The molecule has 0 aliphatic rings. The van der Waals surface area contributed by atoms with Crippen LogP contribution < -0.4 is 0 Å². The van der Waals surface area contributed by atoms with Crippen molar-refractivity contribution in [1.29, 1.82) is 0 Å². The van der Waals surface area contributed by atoms with Crippen molar-refractivity contribution in [2.24, 2.45) is 0 Å². The first-order chi connectivity index (χ1) is 14.8.